The first kappa shape index (κ1) is 16.2. The molecule has 0 radical (unpaired) electrons. The van der Waals surface area contributed by atoms with Crippen molar-refractivity contribution >= 4 is 23.2 Å². The molecule has 6 rings (SSSR count). The maximum absolute atomic E-state index is 6.11. The van der Waals surface area contributed by atoms with Crippen LogP contribution in [0.5, 0.6) is 0 Å². The fourth-order valence-corrected chi connectivity index (χ4v) is 6.45. The Morgan fingerprint density at radius 1 is 0.920 bits per heavy atom. The van der Waals surface area contributed by atoms with E-state index in [4.69, 9.17) is 27.6 Å². The minimum absolute atomic E-state index is 0.362. The van der Waals surface area contributed by atoms with Crippen LogP contribution in [0, 0.1) is 17.8 Å². The number of furan rings is 1. The van der Waals surface area contributed by atoms with Gasteiger partial charge in [0.15, 0.2) is 0 Å². The molecule has 4 aliphatic rings. The van der Waals surface area contributed by atoms with Crippen LogP contribution in [-0.2, 0) is 6.54 Å². The average Bonchev–Trinajstić information content (AvgIpc) is 3.00. The molecule has 1 aromatic carbocycles. The third kappa shape index (κ3) is 3.13. The summed E-state index contributed by atoms with van der Waals surface area (Å²) in [6.07, 6.45) is 8.49. The Labute approximate surface area is 158 Å². The van der Waals surface area contributed by atoms with Crippen molar-refractivity contribution < 1.29 is 4.42 Å². The van der Waals surface area contributed by atoms with Gasteiger partial charge >= 0.3 is 0 Å². The van der Waals surface area contributed by atoms with E-state index in [1.807, 2.05) is 18.2 Å². The molecule has 0 unspecified atom stereocenters. The highest BCUT2D eigenvalue weighted by atomic mass is 35.5. The number of benzene rings is 1. The van der Waals surface area contributed by atoms with E-state index in [0.29, 0.717) is 15.6 Å². The summed E-state index contributed by atoms with van der Waals surface area (Å²) in [7, 11) is 0. The van der Waals surface area contributed by atoms with Crippen LogP contribution in [0.4, 0.5) is 0 Å². The molecule has 1 N–H and O–H groups in total. The first-order valence-electron chi connectivity index (χ1n) is 9.37. The average molecular weight is 376 g/mol. The first-order chi connectivity index (χ1) is 12.1. The number of nitrogens with one attached hydrogen (secondary N) is 1. The lowest BCUT2D eigenvalue weighted by molar-refractivity contribution is -0.0213. The predicted octanol–water partition coefficient (Wildman–Crippen LogP) is 6.31. The van der Waals surface area contributed by atoms with Crippen LogP contribution >= 0.6 is 23.2 Å². The molecule has 0 spiro atoms. The molecule has 0 aliphatic heterocycles. The minimum Gasteiger partial charge on any atom is -0.460 e. The molecule has 2 nitrogen and oxygen atoms in total. The van der Waals surface area contributed by atoms with Crippen molar-refractivity contribution in [1.29, 1.82) is 0 Å². The summed E-state index contributed by atoms with van der Waals surface area (Å²) in [6, 6.07) is 9.60. The van der Waals surface area contributed by atoms with Crippen molar-refractivity contribution in [3.8, 4) is 11.3 Å². The predicted molar refractivity (Wildman–Crippen MR) is 102 cm³/mol. The van der Waals surface area contributed by atoms with E-state index in [1.165, 1.54) is 38.5 Å². The SMILES string of the molecule is Clc1cc(Cl)cc(-c2ccc(CNC34CC5CC(CC(C5)C3)C4)o2)c1. The van der Waals surface area contributed by atoms with Gasteiger partial charge in [0.05, 0.1) is 6.54 Å². The quantitative estimate of drug-likeness (QED) is 0.676. The third-order valence-electron chi connectivity index (χ3n) is 6.48. The Balaban J connectivity index is 1.30. The van der Waals surface area contributed by atoms with E-state index in [9.17, 15) is 0 Å². The lowest BCUT2D eigenvalue weighted by Gasteiger charge is -2.57. The van der Waals surface area contributed by atoms with Crippen molar-refractivity contribution in [2.24, 2.45) is 17.8 Å². The molecule has 4 heteroatoms. The molecule has 0 atom stereocenters. The lowest BCUT2D eigenvalue weighted by Crippen LogP contribution is -2.58. The summed E-state index contributed by atoms with van der Waals surface area (Å²) in [5.74, 6) is 4.69. The van der Waals surface area contributed by atoms with Gasteiger partial charge in [0.2, 0.25) is 0 Å². The van der Waals surface area contributed by atoms with Crippen molar-refractivity contribution in [3.63, 3.8) is 0 Å². The zero-order valence-electron chi connectivity index (χ0n) is 14.2. The molecular weight excluding hydrogens is 353 g/mol. The Kier molecular flexibility index (Phi) is 3.92. The number of rotatable bonds is 4. The fourth-order valence-electron chi connectivity index (χ4n) is 5.93. The number of hydrogen-bond donors (Lipinski definition) is 1. The zero-order valence-corrected chi connectivity index (χ0v) is 15.7. The topological polar surface area (TPSA) is 25.2 Å². The van der Waals surface area contributed by atoms with Gasteiger partial charge in [0, 0.05) is 21.1 Å². The molecule has 4 fully saturated rings. The van der Waals surface area contributed by atoms with E-state index in [2.05, 4.69) is 11.4 Å². The molecule has 4 saturated carbocycles. The van der Waals surface area contributed by atoms with Gasteiger partial charge in [-0.1, -0.05) is 23.2 Å². The summed E-state index contributed by atoms with van der Waals surface area (Å²) < 4.78 is 6.06. The molecule has 4 aliphatic carbocycles. The Morgan fingerprint density at radius 3 is 2.12 bits per heavy atom. The second-order valence-corrected chi connectivity index (χ2v) is 9.35. The van der Waals surface area contributed by atoms with Crippen molar-refractivity contribution in [1.82, 2.24) is 5.32 Å². The lowest BCUT2D eigenvalue weighted by atomic mass is 9.53. The molecule has 1 heterocycles. The van der Waals surface area contributed by atoms with Crippen LogP contribution < -0.4 is 5.32 Å². The van der Waals surface area contributed by atoms with E-state index >= 15 is 0 Å². The normalized spacial score (nSPS) is 33.1. The Morgan fingerprint density at radius 2 is 1.52 bits per heavy atom. The third-order valence-corrected chi connectivity index (χ3v) is 6.92. The number of hydrogen-bond acceptors (Lipinski definition) is 2. The van der Waals surface area contributed by atoms with E-state index in [1.54, 1.807) is 6.07 Å². The highest BCUT2D eigenvalue weighted by Crippen LogP contribution is 2.55. The van der Waals surface area contributed by atoms with Gasteiger partial charge in [-0.05, 0) is 86.6 Å². The summed E-state index contributed by atoms with van der Waals surface area (Å²) in [5, 5.41) is 5.15. The van der Waals surface area contributed by atoms with Gasteiger partial charge in [-0.2, -0.15) is 0 Å². The van der Waals surface area contributed by atoms with E-state index < -0.39 is 0 Å². The zero-order chi connectivity index (χ0) is 17.0. The van der Waals surface area contributed by atoms with Crippen molar-refractivity contribution in [3.05, 3.63) is 46.1 Å². The first-order valence-corrected chi connectivity index (χ1v) is 10.1. The van der Waals surface area contributed by atoms with Gasteiger partial charge < -0.3 is 9.73 Å². The van der Waals surface area contributed by atoms with Crippen molar-refractivity contribution in [2.75, 3.05) is 0 Å². The molecule has 0 saturated heterocycles. The van der Waals surface area contributed by atoms with Gasteiger partial charge in [-0.25, -0.2) is 0 Å². The molecule has 25 heavy (non-hydrogen) atoms. The minimum atomic E-state index is 0.362. The molecular formula is C21H23Cl2NO. The van der Waals surface area contributed by atoms with Crippen molar-refractivity contribution in [2.45, 2.75) is 50.6 Å². The largest absolute Gasteiger partial charge is 0.460 e. The van der Waals surface area contributed by atoms with Gasteiger partial charge in [0.1, 0.15) is 11.5 Å². The molecule has 1 aromatic heterocycles. The van der Waals surface area contributed by atoms with Crippen LogP contribution in [0.2, 0.25) is 10.0 Å². The summed E-state index contributed by atoms with van der Waals surface area (Å²) in [5.41, 5.74) is 1.29. The summed E-state index contributed by atoms with van der Waals surface area (Å²) >= 11 is 12.2. The van der Waals surface area contributed by atoms with Crippen LogP contribution in [0.3, 0.4) is 0 Å². The van der Waals surface area contributed by atoms with Crippen LogP contribution in [-0.4, -0.2) is 5.54 Å². The summed E-state index contributed by atoms with van der Waals surface area (Å²) in [6.45, 7) is 0.806. The molecule has 132 valence electrons. The van der Waals surface area contributed by atoms with E-state index in [0.717, 1.165) is 41.4 Å². The smallest absolute Gasteiger partial charge is 0.134 e. The van der Waals surface area contributed by atoms with Gasteiger partial charge in [-0.15, -0.1) is 0 Å². The molecule has 4 bridgehead atoms. The number of halogens is 2. The second kappa shape index (κ2) is 6.04. The monoisotopic (exact) mass is 375 g/mol. The summed E-state index contributed by atoms with van der Waals surface area (Å²) in [4.78, 5) is 0. The highest BCUT2D eigenvalue weighted by molar-refractivity contribution is 6.35. The Hall–Kier alpha value is -0.960. The maximum Gasteiger partial charge on any atom is 0.134 e. The van der Waals surface area contributed by atoms with Gasteiger partial charge in [-0.3, -0.25) is 0 Å². The fraction of sp³-hybridized carbons (Fsp3) is 0.524. The van der Waals surface area contributed by atoms with E-state index in [-0.39, 0.29) is 0 Å². The van der Waals surface area contributed by atoms with Crippen LogP contribution in [0.1, 0.15) is 44.3 Å². The van der Waals surface area contributed by atoms with Gasteiger partial charge in [0.25, 0.3) is 0 Å². The highest BCUT2D eigenvalue weighted by Gasteiger charge is 2.50. The van der Waals surface area contributed by atoms with Crippen LogP contribution in [0.15, 0.2) is 34.7 Å². The molecule has 0 amide bonds. The maximum atomic E-state index is 6.11. The molecule has 2 aromatic rings. The standard InChI is InChI=1S/C21H23Cl2NO/c22-17-6-16(7-18(23)8-17)20-2-1-19(25-20)12-24-21-9-13-3-14(10-21)5-15(4-13)11-21/h1-2,6-8,13-15,24H,3-5,9-12H2. The Bertz CT molecular complexity index is 741. The second-order valence-electron chi connectivity index (χ2n) is 8.48. The van der Waals surface area contributed by atoms with Crippen LogP contribution in [0.25, 0.3) is 11.3 Å².